The molecule has 24 heavy (non-hydrogen) atoms. The normalized spacial score (nSPS) is 13.1. The summed E-state index contributed by atoms with van der Waals surface area (Å²) in [7, 11) is 0. The van der Waals surface area contributed by atoms with Crippen molar-refractivity contribution < 1.29 is 9.32 Å². The second kappa shape index (κ2) is 6.13. The molecule has 0 N–H and O–H groups in total. The lowest BCUT2D eigenvalue weighted by Gasteiger charge is -2.18. The van der Waals surface area contributed by atoms with Gasteiger partial charge in [-0.2, -0.15) is 0 Å². The maximum Gasteiger partial charge on any atom is 0.231 e. The van der Waals surface area contributed by atoms with E-state index in [0.29, 0.717) is 18.0 Å². The van der Waals surface area contributed by atoms with E-state index in [1.54, 1.807) is 6.20 Å². The van der Waals surface area contributed by atoms with Crippen molar-refractivity contribution in [3.63, 3.8) is 0 Å². The van der Waals surface area contributed by atoms with Crippen molar-refractivity contribution in [1.82, 2.24) is 5.16 Å². The van der Waals surface area contributed by atoms with E-state index >= 15 is 0 Å². The highest BCUT2D eigenvalue weighted by molar-refractivity contribution is 6.31. The van der Waals surface area contributed by atoms with Crippen LogP contribution in [-0.4, -0.2) is 17.6 Å². The molecule has 4 rings (SSSR count). The van der Waals surface area contributed by atoms with Crippen LogP contribution < -0.4 is 4.90 Å². The SMILES string of the molecule is O=C(Cc1ccccc1Cl)N1CCc2cc(-c3ccno3)ccc21. The summed E-state index contributed by atoms with van der Waals surface area (Å²) in [6.07, 6.45) is 2.77. The van der Waals surface area contributed by atoms with Crippen LogP contribution in [0.4, 0.5) is 5.69 Å². The molecular formula is C19H15ClN2O2. The average molecular weight is 339 g/mol. The van der Waals surface area contributed by atoms with E-state index in [2.05, 4.69) is 11.2 Å². The Kier molecular flexibility index (Phi) is 3.82. The number of fused-ring (bicyclic) bond motifs is 1. The first-order valence-electron chi connectivity index (χ1n) is 7.80. The summed E-state index contributed by atoms with van der Waals surface area (Å²) in [5.41, 5.74) is 3.95. The van der Waals surface area contributed by atoms with Crippen molar-refractivity contribution in [2.45, 2.75) is 12.8 Å². The van der Waals surface area contributed by atoms with Gasteiger partial charge in [0, 0.05) is 28.9 Å². The summed E-state index contributed by atoms with van der Waals surface area (Å²) in [5.74, 6) is 0.799. The molecule has 1 aromatic heterocycles. The van der Waals surface area contributed by atoms with Crippen molar-refractivity contribution in [3.05, 3.63) is 70.9 Å². The number of carbonyl (C=O) groups is 1. The first-order valence-corrected chi connectivity index (χ1v) is 8.18. The Morgan fingerprint density at radius 2 is 2.08 bits per heavy atom. The van der Waals surface area contributed by atoms with Gasteiger partial charge in [0.25, 0.3) is 0 Å². The third kappa shape index (κ3) is 2.69. The predicted octanol–water partition coefficient (Wildman–Crippen LogP) is 4.13. The lowest BCUT2D eigenvalue weighted by molar-refractivity contribution is -0.117. The fourth-order valence-electron chi connectivity index (χ4n) is 3.08. The molecule has 1 amide bonds. The first-order chi connectivity index (χ1) is 11.7. The molecule has 0 aliphatic carbocycles. The quantitative estimate of drug-likeness (QED) is 0.721. The van der Waals surface area contributed by atoms with Gasteiger partial charge in [-0.15, -0.1) is 0 Å². The Balaban J connectivity index is 1.58. The lowest BCUT2D eigenvalue weighted by atomic mass is 10.1. The van der Waals surface area contributed by atoms with Gasteiger partial charge in [0.15, 0.2) is 5.76 Å². The van der Waals surface area contributed by atoms with Gasteiger partial charge in [0.2, 0.25) is 5.91 Å². The largest absolute Gasteiger partial charge is 0.356 e. The zero-order valence-corrected chi connectivity index (χ0v) is 13.7. The van der Waals surface area contributed by atoms with Gasteiger partial charge < -0.3 is 9.42 Å². The van der Waals surface area contributed by atoms with Crippen LogP contribution in [-0.2, 0) is 17.6 Å². The zero-order chi connectivity index (χ0) is 16.5. The predicted molar refractivity (Wildman–Crippen MR) is 93.2 cm³/mol. The van der Waals surface area contributed by atoms with E-state index in [1.165, 1.54) is 0 Å². The van der Waals surface area contributed by atoms with E-state index in [4.69, 9.17) is 16.1 Å². The smallest absolute Gasteiger partial charge is 0.231 e. The minimum absolute atomic E-state index is 0.0641. The summed E-state index contributed by atoms with van der Waals surface area (Å²) in [4.78, 5) is 14.5. The van der Waals surface area contributed by atoms with E-state index in [-0.39, 0.29) is 5.91 Å². The molecule has 5 heteroatoms. The van der Waals surface area contributed by atoms with Crippen LogP contribution in [0.15, 0.2) is 59.3 Å². The molecule has 0 fully saturated rings. The molecule has 2 aromatic carbocycles. The molecule has 3 aromatic rings. The Labute approximate surface area is 144 Å². The summed E-state index contributed by atoms with van der Waals surface area (Å²) in [5, 5.41) is 4.37. The third-order valence-corrected chi connectivity index (χ3v) is 4.67. The van der Waals surface area contributed by atoms with Gasteiger partial charge in [-0.3, -0.25) is 4.79 Å². The Bertz CT molecular complexity index is 890. The molecule has 0 bridgehead atoms. The van der Waals surface area contributed by atoms with Crippen LogP contribution in [0, 0.1) is 0 Å². The number of nitrogens with zero attached hydrogens (tertiary/aromatic N) is 2. The second-order valence-electron chi connectivity index (χ2n) is 5.78. The minimum atomic E-state index is 0.0641. The zero-order valence-electron chi connectivity index (χ0n) is 12.9. The van der Waals surface area contributed by atoms with Crippen molar-refractivity contribution in [2.24, 2.45) is 0 Å². The Hall–Kier alpha value is -2.59. The molecule has 0 saturated carbocycles. The maximum absolute atomic E-state index is 12.7. The van der Waals surface area contributed by atoms with Crippen molar-refractivity contribution in [3.8, 4) is 11.3 Å². The standard InChI is InChI=1S/C19H15ClN2O2/c20-16-4-2-1-3-13(16)12-19(23)22-10-8-14-11-15(5-6-17(14)22)18-7-9-21-24-18/h1-7,9,11H,8,10,12H2. The fourth-order valence-corrected chi connectivity index (χ4v) is 3.28. The van der Waals surface area contributed by atoms with Gasteiger partial charge in [-0.05, 0) is 41.8 Å². The lowest BCUT2D eigenvalue weighted by Crippen LogP contribution is -2.30. The van der Waals surface area contributed by atoms with Crippen LogP contribution in [0.5, 0.6) is 0 Å². The monoisotopic (exact) mass is 338 g/mol. The molecule has 1 aliphatic rings. The number of hydrogen-bond acceptors (Lipinski definition) is 3. The summed E-state index contributed by atoms with van der Waals surface area (Å²) < 4.78 is 5.20. The van der Waals surface area contributed by atoms with Crippen LogP contribution >= 0.6 is 11.6 Å². The molecule has 0 radical (unpaired) electrons. The van der Waals surface area contributed by atoms with Crippen molar-refractivity contribution in [1.29, 1.82) is 0 Å². The highest BCUT2D eigenvalue weighted by Gasteiger charge is 2.25. The van der Waals surface area contributed by atoms with E-state index in [0.717, 1.165) is 34.6 Å². The molecule has 0 atom stereocenters. The first kappa shape index (κ1) is 15.0. The number of halogens is 1. The van der Waals surface area contributed by atoms with E-state index in [9.17, 15) is 4.79 Å². The molecule has 0 saturated heterocycles. The Morgan fingerprint density at radius 3 is 2.88 bits per heavy atom. The van der Waals surface area contributed by atoms with E-state index < -0.39 is 0 Å². The minimum Gasteiger partial charge on any atom is -0.356 e. The van der Waals surface area contributed by atoms with Crippen molar-refractivity contribution in [2.75, 3.05) is 11.4 Å². The molecule has 2 heterocycles. The molecule has 4 nitrogen and oxygen atoms in total. The number of amides is 1. The Morgan fingerprint density at radius 1 is 1.21 bits per heavy atom. The van der Waals surface area contributed by atoms with Crippen LogP contribution in [0.2, 0.25) is 5.02 Å². The highest BCUT2D eigenvalue weighted by atomic mass is 35.5. The van der Waals surface area contributed by atoms with Crippen LogP contribution in [0.3, 0.4) is 0 Å². The van der Waals surface area contributed by atoms with Crippen LogP contribution in [0.1, 0.15) is 11.1 Å². The highest BCUT2D eigenvalue weighted by Crippen LogP contribution is 2.33. The van der Waals surface area contributed by atoms with Gasteiger partial charge in [-0.1, -0.05) is 35.0 Å². The van der Waals surface area contributed by atoms with Crippen LogP contribution in [0.25, 0.3) is 11.3 Å². The molecule has 0 unspecified atom stereocenters. The van der Waals surface area contributed by atoms with Gasteiger partial charge in [0.05, 0.1) is 12.6 Å². The molecular weight excluding hydrogens is 324 g/mol. The molecule has 0 spiro atoms. The van der Waals surface area contributed by atoms with E-state index in [1.807, 2.05) is 47.4 Å². The number of rotatable bonds is 3. The maximum atomic E-state index is 12.7. The average Bonchev–Trinajstić information content (AvgIpc) is 3.25. The number of carbonyl (C=O) groups excluding carboxylic acids is 1. The summed E-state index contributed by atoms with van der Waals surface area (Å²) in [6, 6.07) is 15.3. The third-order valence-electron chi connectivity index (χ3n) is 4.30. The number of hydrogen-bond donors (Lipinski definition) is 0. The fraction of sp³-hybridized carbons (Fsp3) is 0.158. The molecule has 120 valence electrons. The van der Waals surface area contributed by atoms with Gasteiger partial charge in [-0.25, -0.2) is 0 Å². The summed E-state index contributed by atoms with van der Waals surface area (Å²) in [6.45, 7) is 0.693. The second-order valence-corrected chi connectivity index (χ2v) is 6.19. The number of aromatic nitrogens is 1. The number of benzene rings is 2. The van der Waals surface area contributed by atoms with Gasteiger partial charge in [0.1, 0.15) is 0 Å². The molecule has 1 aliphatic heterocycles. The summed E-state index contributed by atoms with van der Waals surface area (Å²) >= 11 is 6.17. The van der Waals surface area contributed by atoms with Crippen molar-refractivity contribution >= 4 is 23.2 Å². The number of anilines is 1. The topological polar surface area (TPSA) is 46.3 Å². The van der Waals surface area contributed by atoms with Gasteiger partial charge >= 0.3 is 0 Å².